The monoisotopic (exact) mass is 311 g/mol. The molecule has 0 saturated heterocycles. The minimum absolute atomic E-state index is 0.0859. The number of nitrogens with one attached hydrogen (secondary N) is 1. The summed E-state index contributed by atoms with van der Waals surface area (Å²) in [5.74, 6) is -1.21. The largest absolute Gasteiger partial charge is 0.312 e. The predicted octanol–water partition coefficient (Wildman–Crippen LogP) is 3.80. The van der Waals surface area contributed by atoms with E-state index < -0.39 is 11.6 Å². The molecule has 0 atom stereocenters. The zero-order chi connectivity index (χ0) is 15.5. The number of halogens is 2. The number of rotatable bonds is 5. The summed E-state index contributed by atoms with van der Waals surface area (Å²) in [6, 6.07) is 3.80. The van der Waals surface area contributed by atoms with Crippen LogP contribution in [0.25, 0.3) is 10.6 Å². The highest BCUT2D eigenvalue weighted by atomic mass is 32.1. The Morgan fingerprint density at radius 1 is 1.14 bits per heavy atom. The molecular weight excluding hydrogens is 292 g/mol. The SMILES string of the molecule is CC(C)(C)NCCCc1nnc(-c2c(F)cccc2F)s1. The summed E-state index contributed by atoms with van der Waals surface area (Å²) in [6.45, 7) is 7.19. The maximum Gasteiger partial charge on any atom is 0.153 e. The molecule has 0 spiro atoms. The lowest BCUT2D eigenvalue weighted by molar-refractivity contribution is 0.422. The van der Waals surface area contributed by atoms with E-state index in [0.717, 1.165) is 24.4 Å². The second kappa shape index (κ2) is 6.58. The van der Waals surface area contributed by atoms with Gasteiger partial charge in [0.05, 0.1) is 5.56 Å². The number of nitrogens with zero attached hydrogens (tertiary/aromatic N) is 2. The first-order chi connectivity index (χ1) is 9.87. The average Bonchev–Trinajstić information content (AvgIpc) is 2.82. The molecule has 3 nitrogen and oxygen atoms in total. The average molecular weight is 311 g/mol. The highest BCUT2D eigenvalue weighted by Gasteiger charge is 2.16. The van der Waals surface area contributed by atoms with Crippen LogP contribution in [0.1, 0.15) is 32.2 Å². The molecule has 0 saturated carbocycles. The first-order valence-electron chi connectivity index (χ1n) is 6.88. The van der Waals surface area contributed by atoms with E-state index in [-0.39, 0.29) is 11.1 Å². The van der Waals surface area contributed by atoms with Crippen LogP contribution >= 0.6 is 11.3 Å². The molecule has 0 aliphatic rings. The van der Waals surface area contributed by atoms with E-state index in [1.165, 1.54) is 29.5 Å². The molecule has 0 fully saturated rings. The molecule has 0 radical (unpaired) electrons. The molecule has 2 aromatic rings. The zero-order valence-electron chi connectivity index (χ0n) is 12.4. The van der Waals surface area contributed by atoms with Crippen LogP contribution in [0, 0.1) is 11.6 Å². The number of hydrogen-bond donors (Lipinski definition) is 1. The van der Waals surface area contributed by atoms with Crippen molar-refractivity contribution in [3.63, 3.8) is 0 Å². The quantitative estimate of drug-likeness (QED) is 0.853. The predicted molar refractivity (Wildman–Crippen MR) is 81.3 cm³/mol. The maximum absolute atomic E-state index is 13.7. The van der Waals surface area contributed by atoms with Crippen molar-refractivity contribution in [1.82, 2.24) is 15.5 Å². The number of hydrogen-bond acceptors (Lipinski definition) is 4. The summed E-state index contributed by atoms with van der Waals surface area (Å²) in [6.07, 6.45) is 1.66. The molecule has 0 unspecified atom stereocenters. The van der Waals surface area contributed by atoms with Crippen LogP contribution in [-0.4, -0.2) is 22.3 Å². The van der Waals surface area contributed by atoms with Crippen LogP contribution in [0.2, 0.25) is 0 Å². The van der Waals surface area contributed by atoms with Crippen LogP contribution in [0.5, 0.6) is 0 Å². The van der Waals surface area contributed by atoms with E-state index >= 15 is 0 Å². The van der Waals surface area contributed by atoms with Crippen molar-refractivity contribution >= 4 is 11.3 Å². The van der Waals surface area contributed by atoms with Crippen molar-refractivity contribution in [3.05, 3.63) is 34.8 Å². The summed E-state index contributed by atoms with van der Waals surface area (Å²) in [5.41, 5.74) is -0.00293. The van der Waals surface area contributed by atoms with Crippen molar-refractivity contribution in [2.45, 2.75) is 39.2 Å². The lowest BCUT2D eigenvalue weighted by Gasteiger charge is -2.20. The third kappa shape index (κ3) is 4.54. The fourth-order valence-corrected chi connectivity index (χ4v) is 2.79. The minimum Gasteiger partial charge on any atom is -0.312 e. The van der Waals surface area contributed by atoms with Crippen LogP contribution in [0.15, 0.2) is 18.2 Å². The molecule has 1 aromatic carbocycles. The molecule has 114 valence electrons. The Hall–Kier alpha value is -1.40. The summed E-state index contributed by atoms with van der Waals surface area (Å²) in [7, 11) is 0. The van der Waals surface area contributed by atoms with Crippen molar-refractivity contribution in [3.8, 4) is 10.6 Å². The Morgan fingerprint density at radius 3 is 2.43 bits per heavy atom. The first kappa shape index (κ1) is 16.0. The molecule has 21 heavy (non-hydrogen) atoms. The van der Waals surface area contributed by atoms with E-state index in [9.17, 15) is 8.78 Å². The molecule has 0 aliphatic carbocycles. The van der Waals surface area contributed by atoms with Crippen molar-refractivity contribution in [2.75, 3.05) is 6.54 Å². The highest BCUT2D eigenvalue weighted by molar-refractivity contribution is 7.14. The van der Waals surface area contributed by atoms with Gasteiger partial charge in [0.25, 0.3) is 0 Å². The van der Waals surface area contributed by atoms with Crippen LogP contribution in [0.4, 0.5) is 8.78 Å². The van der Waals surface area contributed by atoms with Gasteiger partial charge in [-0.2, -0.15) is 0 Å². The Kier molecular flexibility index (Phi) is 5.00. The molecule has 0 aliphatic heterocycles. The topological polar surface area (TPSA) is 37.8 Å². The van der Waals surface area contributed by atoms with Gasteiger partial charge in [-0.25, -0.2) is 8.78 Å². The smallest absolute Gasteiger partial charge is 0.153 e. The Morgan fingerprint density at radius 2 is 1.81 bits per heavy atom. The Bertz CT molecular complexity index is 585. The Balaban J connectivity index is 1.99. The standard InChI is InChI=1S/C15H19F2N3S/c1-15(2,3)18-9-5-8-12-19-20-14(21-12)13-10(16)6-4-7-11(13)17/h4,6-7,18H,5,8-9H2,1-3H3. The zero-order valence-corrected chi connectivity index (χ0v) is 13.2. The van der Waals surface area contributed by atoms with Gasteiger partial charge in [-0.1, -0.05) is 17.4 Å². The fourth-order valence-electron chi connectivity index (χ4n) is 1.86. The molecule has 6 heteroatoms. The van der Waals surface area contributed by atoms with E-state index in [1.807, 2.05) is 0 Å². The van der Waals surface area contributed by atoms with Gasteiger partial charge in [-0.3, -0.25) is 0 Å². The minimum atomic E-state index is -0.605. The summed E-state index contributed by atoms with van der Waals surface area (Å²) in [5, 5.41) is 12.4. The van der Waals surface area contributed by atoms with Gasteiger partial charge < -0.3 is 5.32 Å². The van der Waals surface area contributed by atoms with Crippen LogP contribution in [0.3, 0.4) is 0 Å². The summed E-state index contributed by atoms with van der Waals surface area (Å²) in [4.78, 5) is 0. The van der Waals surface area contributed by atoms with Gasteiger partial charge in [0, 0.05) is 12.0 Å². The van der Waals surface area contributed by atoms with E-state index in [1.54, 1.807) is 0 Å². The van der Waals surface area contributed by atoms with Gasteiger partial charge in [-0.05, 0) is 45.9 Å². The van der Waals surface area contributed by atoms with E-state index in [4.69, 9.17) is 0 Å². The maximum atomic E-state index is 13.7. The number of benzene rings is 1. The van der Waals surface area contributed by atoms with Crippen LogP contribution in [-0.2, 0) is 6.42 Å². The van der Waals surface area contributed by atoms with Crippen molar-refractivity contribution < 1.29 is 8.78 Å². The molecule has 0 bridgehead atoms. The van der Waals surface area contributed by atoms with E-state index in [0.29, 0.717) is 5.01 Å². The summed E-state index contributed by atoms with van der Waals surface area (Å²) >= 11 is 1.24. The van der Waals surface area contributed by atoms with E-state index in [2.05, 4.69) is 36.3 Å². The van der Waals surface area contributed by atoms with Crippen molar-refractivity contribution in [2.24, 2.45) is 0 Å². The number of aryl methyl sites for hydroxylation is 1. The molecule has 1 heterocycles. The van der Waals surface area contributed by atoms with Gasteiger partial charge in [0.15, 0.2) is 5.01 Å². The number of aromatic nitrogens is 2. The Labute approximate surface area is 127 Å². The van der Waals surface area contributed by atoms with Crippen LogP contribution < -0.4 is 5.32 Å². The van der Waals surface area contributed by atoms with Gasteiger partial charge >= 0.3 is 0 Å². The van der Waals surface area contributed by atoms with Gasteiger partial charge in [0.2, 0.25) is 0 Å². The fraction of sp³-hybridized carbons (Fsp3) is 0.467. The lowest BCUT2D eigenvalue weighted by Crippen LogP contribution is -2.36. The lowest BCUT2D eigenvalue weighted by atomic mass is 10.1. The molecule has 1 aromatic heterocycles. The molecule has 0 amide bonds. The second-order valence-corrected chi connectivity index (χ2v) is 6.94. The molecule has 2 rings (SSSR count). The third-order valence-electron chi connectivity index (χ3n) is 2.87. The third-order valence-corrected chi connectivity index (χ3v) is 3.87. The molecule has 1 N–H and O–H groups in total. The summed E-state index contributed by atoms with van der Waals surface area (Å²) < 4.78 is 27.3. The second-order valence-electron chi connectivity index (χ2n) is 5.88. The normalized spacial score (nSPS) is 11.9. The van der Waals surface area contributed by atoms with Gasteiger partial charge in [-0.15, -0.1) is 10.2 Å². The van der Waals surface area contributed by atoms with Gasteiger partial charge in [0.1, 0.15) is 16.6 Å². The highest BCUT2D eigenvalue weighted by Crippen LogP contribution is 2.28. The van der Waals surface area contributed by atoms with Crippen molar-refractivity contribution in [1.29, 1.82) is 0 Å². The first-order valence-corrected chi connectivity index (χ1v) is 7.70. The molecular formula is C15H19F2N3S.